The van der Waals surface area contributed by atoms with E-state index in [1.54, 1.807) is 50.2 Å². The van der Waals surface area contributed by atoms with E-state index in [-0.39, 0.29) is 22.9 Å². The van der Waals surface area contributed by atoms with Crippen molar-refractivity contribution in [2.45, 2.75) is 31.3 Å². The minimum atomic E-state index is -4.21. The van der Waals surface area contributed by atoms with Crippen molar-refractivity contribution in [3.8, 4) is 5.75 Å². The number of ether oxygens (including phenoxy) is 1. The molecule has 3 aromatic rings. The number of nitrogens with zero attached hydrogens (tertiary/aromatic N) is 2. The van der Waals surface area contributed by atoms with Crippen molar-refractivity contribution in [1.82, 2.24) is 10.2 Å². The van der Waals surface area contributed by atoms with Crippen LogP contribution in [0.1, 0.15) is 18.1 Å². The van der Waals surface area contributed by atoms with Crippen LogP contribution in [0.4, 0.5) is 10.1 Å². The fourth-order valence-corrected chi connectivity index (χ4v) is 5.24. The minimum Gasteiger partial charge on any atom is -0.495 e. The molecule has 3 rings (SSSR count). The van der Waals surface area contributed by atoms with Gasteiger partial charge in [-0.2, -0.15) is 0 Å². The number of amides is 2. The molecule has 196 valence electrons. The number of carbonyl (C=O) groups excluding carboxylic acids is 2. The molecule has 1 unspecified atom stereocenters. The summed E-state index contributed by atoms with van der Waals surface area (Å²) in [5, 5.41) is 2.52. The second-order valence-electron chi connectivity index (χ2n) is 8.44. The van der Waals surface area contributed by atoms with Gasteiger partial charge in [0.25, 0.3) is 10.0 Å². The zero-order valence-electron chi connectivity index (χ0n) is 21.1. The molecule has 8 nitrogen and oxygen atoms in total. The monoisotopic (exact) mass is 527 g/mol. The fraction of sp³-hybridized carbons (Fsp3) is 0.259. The van der Waals surface area contributed by atoms with Gasteiger partial charge in [0.1, 0.15) is 24.2 Å². The van der Waals surface area contributed by atoms with Crippen molar-refractivity contribution in [2.24, 2.45) is 0 Å². The Kier molecular flexibility index (Phi) is 8.88. The fourth-order valence-electron chi connectivity index (χ4n) is 3.81. The molecule has 0 saturated carbocycles. The van der Waals surface area contributed by atoms with E-state index in [9.17, 15) is 22.4 Å². The van der Waals surface area contributed by atoms with Crippen LogP contribution in [0.2, 0.25) is 0 Å². The van der Waals surface area contributed by atoms with Gasteiger partial charge in [-0.15, -0.1) is 0 Å². The third kappa shape index (κ3) is 6.45. The lowest BCUT2D eigenvalue weighted by atomic mass is 10.1. The second-order valence-corrected chi connectivity index (χ2v) is 10.3. The van der Waals surface area contributed by atoms with Gasteiger partial charge in [0.2, 0.25) is 11.8 Å². The summed E-state index contributed by atoms with van der Waals surface area (Å²) in [7, 11) is -1.34. The van der Waals surface area contributed by atoms with Crippen molar-refractivity contribution < 1.29 is 27.1 Å². The molecule has 0 spiro atoms. The largest absolute Gasteiger partial charge is 0.495 e. The summed E-state index contributed by atoms with van der Waals surface area (Å²) in [6.45, 7) is 2.72. The average molecular weight is 528 g/mol. The zero-order valence-corrected chi connectivity index (χ0v) is 22.0. The molecule has 0 fully saturated rings. The van der Waals surface area contributed by atoms with Crippen LogP contribution in [0, 0.1) is 12.7 Å². The average Bonchev–Trinajstić information content (AvgIpc) is 2.90. The number of benzene rings is 3. The summed E-state index contributed by atoms with van der Waals surface area (Å²) in [4.78, 5) is 27.5. The number of anilines is 1. The molecule has 37 heavy (non-hydrogen) atoms. The number of rotatable bonds is 10. The molecule has 0 aromatic heterocycles. The predicted octanol–water partition coefficient (Wildman–Crippen LogP) is 3.50. The van der Waals surface area contributed by atoms with Crippen molar-refractivity contribution in [1.29, 1.82) is 0 Å². The maximum atomic E-state index is 13.8. The molecule has 10 heteroatoms. The number of hydrogen-bond donors (Lipinski definition) is 1. The molecule has 0 aliphatic heterocycles. The van der Waals surface area contributed by atoms with Gasteiger partial charge in [0, 0.05) is 13.6 Å². The lowest BCUT2D eigenvalue weighted by molar-refractivity contribution is -0.139. The number of aryl methyl sites for hydroxylation is 1. The minimum absolute atomic E-state index is 0.00389. The van der Waals surface area contributed by atoms with Gasteiger partial charge < -0.3 is 15.0 Å². The third-order valence-electron chi connectivity index (χ3n) is 5.89. The molecule has 0 saturated heterocycles. The highest BCUT2D eigenvalue weighted by Gasteiger charge is 2.33. The van der Waals surface area contributed by atoms with Crippen LogP contribution in [-0.4, -0.2) is 51.9 Å². The lowest BCUT2D eigenvalue weighted by Crippen LogP contribution is -2.50. The number of halogens is 1. The Labute approximate surface area is 216 Å². The van der Waals surface area contributed by atoms with E-state index < -0.39 is 40.2 Å². The van der Waals surface area contributed by atoms with Gasteiger partial charge in [0.15, 0.2) is 0 Å². The summed E-state index contributed by atoms with van der Waals surface area (Å²) in [6.07, 6.45) is 0. The van der Waals surface area contributed by atoms with Gasteiger partial charge in [-0.05, 0) is 61.4 Å². The summed E-state index contributed by atoms with van der Waals surface area (Å²) in [5.74, 6) is -1.22. The Morgan fingerprint density at radius 3 is 2.27 bits per heavy atom. The first kappa shape index (κ1) is 27.7. The van der Waals surface area contributed by atoms with Crippen molar-refractivity contribution >= 4 is 27.5 Å². The lowest BCUT2D eigenvalue weighted by Gasteiger charge is -2.32. The maximum Gasteiger partial charge on any atom is 0.264 e. The summed E-state index contributed by atoms with van der Waals surface area (Å²) in [5.41, 5.74) is 1.53. The number of methoxy groups -OCH3 is 1. The van der Waals surface area contributed by atoms with Crippen LogP contribution in [0.3, 0.4) is 0 Å². The van der Waals surface area contributed by atoms with Crippen LogP contribution in [-0.2, 0) is 26.2 Å². The Morgan fingerprint density at radius 2 is 1.68 bits per heavy atom. The number of hydrogen-bond acceptors (Lipinski definition) is 5. The first-order valence-corrected chi connectivity index (χ1v) is 13.0. The molecule has 3 aromatic carbocycles. The Balaban J connectivity index is 2.09. The number of nitrogens with one attached hydrogen (secondary N) is 1. The maximum absolute atomic E-state index is 13.8. The van der Waals surface area contributed by atoms with E-state index in [4.69, 9.17) is 4.74 Å². The number of sulfonamides is 1. The number of likely N-dealkylation sites (N-methyl/N-ethyl adjacent to an activating group) is 1. The molecule has 0 heterocycles. The van der Waals surface area contributed by atoms with E-state index in [1.165, 1.54) is 55.5 Å². The van der Waals surface area contributed by atoms with E-state index >= 15 is 0 Å². The van der Waals surface area contributed by atoms with Gasteiger partial charge in [-0.25, -0.2) is 12.8 Å². The molecule has 0 radical (unpaired) electrons. The van der Waals surface area contributed by atoms with Crippen LogP contribution in [0.15, 0.2) is 77.7 Å². The predicted molar refractivity (Wildman–Crippen MR) is 139 cm³/mol. The number of carbonyl (C=O) groups is 2. The highest BCUT2D eigenvalue weighted by atomic mass is 32.2. The molecule has 1 atom stereocenters. The van der Waals surface area contributed by atoms with Crippen LogP contribution in [0.5, 0.6) is 5.75 Å². The standard InChI is InChI=1S/C27H30FN3O5S/c1-19-10-15-25(36-4)24(16-19)31(37(34,35)23-8-6-5-7-9-23)18-26(32)30(20(2)27(33)29-3)17-21-11-13-22(28)14-12-21/h5-16,20H,17-18H2,1-4H3,(H,29,33). The topological polar surface area (TPSA) is 96.0 Å². The van der Waals surface area contributed by atoms with Gasteiger partial charge in [0.05, 0.1) is 17.7 Å². The first-order valence-electron chi connectivity index (χ1n) is 11.6. The molecule has 0 aliphatic carbocycles. The second kappa shape index (κ2) is 11.9. The molecular weight excluding hydrogens is 497 g/mol. The molecule has 0 aliphatic rings. The summed E-state index contributed by atoms with van der Waals surface area (Å²) >= 11 is 0. The third-order valence-corrected chi connectivity index (χ3v) is 7.67. The summed E-state index contributed by atoms with van der Waals surface area (Å²) < 4.78 is 47.5. The normalized spacial score (nSPS) is 11.9. The van der Waals surface area contributed by atoms with E-state index in [0.717, 1.165) is 9.87 Å². The van der Waals surface area contributed by atoms with Crippen molar-refractivity contribution in [2.75, 3.05) is 25.0 Å². The van der Waals surface area contributed by atoms with Crippen molar-refractivity contribution in [3.63, 3.8) is 0 Å². The first-order chi connectivity index (χ1) is 17.6. The SMILES string of the molecule is CNC(=O)C(C)N(Cc1ccc(F)cc1)C(=O)CN(c1cc(C)ccc1OC)S(=O)(=O)c1ccccc1. The van der Waals surface area contributed by atoms with Gasteiger partial charge >= 0.3 is 0 Å². The molecule has 1 N–H and O–H groups in total. The molecule has 2 amide bonds. The van der Waals surface area contributed by atoms with E-state index in [0.29, 0.717) is 5.56 Å². The highest BCUT2D eigenvalue weighted by Crippen LogP contribution is 2.33. The smallest absolute Gasteiger partial charge is 0.264 e. The van der Waals surface area contributed by atoms with E-state index in [1.807, 2.05) is 0 Å². The highest BCUT2D eigenvalue weighted by molar-refractivity contribution is 7.92. The quantitative estimate of drug-likeness (QED) is 0.436. The molecular formula is C27H30FN3O5S. The van der Waals surface area contributed by atoms with Crippen LogP contribution < -0.4 is 14.4 Å². The van der Waals surface area contributed by atoms with Crippen molar-refractivity contribution in [3.05, 3.63) is 89.7 Å². The summed E-state index contributed by atoms with van der Waals surface area (Å²) in [6, 6.07) is 17.4. The van der Waals surface area contributed by atoms with E-state index in [2.05, 4.69) is 5.32 Å². The van der Waals surface area contributed by atoms with Crippen LogP contribution >= 0.6 is 0 Å². The molecule has 0 bridgehead atoms. The van der Waals surface area contributed by atoms with Gasteiger partial charge in [-0.1, -0.05) is 36.4 Å². The zero-order chi connectivity index (χ0) is 27.2. The van der Waals surface area contributed by atoms with Crippen LogP contribution in [0.25, 0.3) is 0 Å². The Bertz CT molecular complexity index is 1350. The Hall–Kier alpha value is -3.92. The van der Waals surface area contributed by atoms with Gasteiger partial charge in [-0.3, -0.25) is 13.9 Å². The Morgan fingerprint density at radius 1 is 1.03 bits per heavy atom.